The zero-order valence-corrected chi connectivity index (χ0v) is 13.5. The van der Waals surface area contributed by atoms with E-state index >= 15 is 0 Å². The summed E-state index contributed by atoms with van der Waals surface area (Å²) in [6.45, 7) is 0.827. The topological polar surface area (TPSA) is 55.1 Å². The summed E-state index contributed by atoms with van der Waals surface area (Å²) in [4.78, 5) is 11.8. The van der Waals surface area contributed by atoms with E-state index in [1.54, 1.807) is 0 Å². The fraction of sp³-hybridized carbons (Fsp3) is 0.588. The van der Waals surface area contributed by atoms with Gasteiger partial charge in [-0.05, 0) is 30.4 Å². The lowest BCUT2D eigenvalue weighted by molar-refractivity contribution is -0.121. The minimum Gasteiger partial charge on any atom is -0.399 e. The third kappa shape index (κ3) is 6.38. The Morgan fingerprint density at radius 1 is 1.19 bits per heavy atom. The van der Waals surface area contributed by atoms with Crippen molar-refractivity contribution in [1.29, 1.82) is 0 Å². The Hall–Kier alpha value is -1.22. The van der Waals surface area contributed by atoms with Crippen molar-refractivity contribution in [1.82, 2.24) is 5.32 Å². The molecule has 0 bridgehead atoms. The highest BCUT2D eigenvalue weighted by Gasteiger charge is 2.13. The molecule has 118 valence electrons. The number of carbonyl (C=O) groups is 1. The molecule has 1 aliphatic carbocycles. The predicted octanol–water partition coefficient (Wildman–Crippen LogP) is 3.71. The summed E-state index contributed by atoms with van der Waals surface area (Å²) in [5, 5.41) is 3.04. The summed E-state index contributed by atoms with van der Waals surface area (Å²) in [7, 11) is 0. The number of halogens is 1. The van der Waals surface area contributed by atoms with Gasteiger partial charge in [-0.2, -0.15) is 0 Å². The molecule has 0 heterocycles. The summed E-state index contributed by atoms with van der Waals surface area (Å²) in [6.07, 6.45) is 9.20. The summed E-state index contributed by atoms with van der Waals surface area (Å²) >= 11 is 0. The molecule has 1 aromatic carbocycles. The van der Waals surface area contributed by atoms with E-state index in [1.165, 1.54) is 32.1 Å². The smallest absolute Gasteiger partial charge is 0.220 e. The molecule has 1 saturated carbocycles. The molecule has 0 spiro atoms. The zero-order valence-electron chi connectivity index (χ0n) is 12.6. The van der Waals surface area contributed by atoms with Crippen LogP contribution in [0.25, 0.3) is 0 Å². The van der Waals surface area contributed by atoms with Crippen molar-refractivity contribution >= 4 is 24.0 Å². The normalized spacial score (nSPS) is 15.2. The van der Waals surface area contributed by atoms with Crippen LogP contribution in [0.1, 0.15) is 50.5 Å². The predicted molar refractivity (Wildman–Crippen MR) is 90.6 cm³/mol. The molecule has 21 heavy (non-hydrogen) atoms. The molecule has 2 rings (SSSR count). The van der Waals surface area contributed by atoms with Gasteiger partial charge in [-0.15, -0.1) is 12.4 Å². The second-order valence-electron chi connectivity index (χ2n) is 5.84. The Morgan fingerprint density at radius 3 is 2.62 bits per heavy atom. The number of aryl methyl sites for hydroxylation is 1. The van der Waals surface area contributed by atoms with Crippen LogP contribution in [0.4, 0.5) is 5.69 Å². The number of hydrogen-bond donors (Lipinski definition) is 2. The van der Waals surface area contributed by atoms with Crippen LogP contribution in [-0.4, -0.2) is 12.5 Å². The van der Waals surface area contributed by atoms with Crippen LogP contribution in [0.5, 0.6) is 0 Å². The lowest BCUT2D eigenvalue weighted by Gasteiger charge is -2.21. The fourth-order valence-corrected chi connectivity index (χ4v) is 2.99. The van der Waals surface area contributed by atoms with Crippen molar-refractivity contribution in [3.63, 3.8) is 0 Å². The molecule has 0 aliphatic heterocycles. The summed E-state index contributed by atoms with van der Waals surface area (Å²) in [5.74, 6) is 0.970. The first-order valence-corrected chi connectivity index (χ1v) is 7.86. The van der Waals surface area contributed by atoms with E-state index in [1.807, 2.05) is 24.3 Å². The van der Waals surface area contributed by atoms with Gasteiger partial charge < -0.3 is 11.1 Å². The molecular formula is C17H27ClN2O. The van der Waals surface area contributed by atoms with Crippen molar-refractivity contribution in [3.8, 4) is 0 Å². The SMILES string of the molecule is Cl.Nc1ccccc1CCC(=O)NCCC1CCCCC1. The molecule has 0 unspecified atom stereocenters. The van der Waals surface area contributed by atoms with Crippen LogP contribution in [0.15, 0.2) is 24.3 Å². The van der Waals surface area contributed by atoms with Crippen molar-refractivity contribution in [3.05, 3.63) is 29.8 Å². The Balaban J connectivity index is 0.00000220. The molecule has 4 heteroatoms. The second kappa shape index (κ2) is 9.67. The largest absolute Gasteiger partial charge is 0.399 e. The summed E-state index contributed by atoms with van der Waals surface area (Å²) < 4.78 is 0. The molecule has 0 atom stereocenters. The maximum atomic E-state index is 11.8. The van der Waals surface area contributed by atoms with Gasteiger partial charge in [-0.25, -0.2) is 0 Å². The molecule has 1 fully saturated rings. The van der Waals surface area contributed by atoms with Crippen LogP contribution in [0.3, 0.4) is 0 Å². The highest BCUT2D eigenvalue weighted by Crippen LogP contribution is 2.25. The number of nitrogens with one attached hydrogen (secondary N) is 1. The van der Waals surface area contributed by atoms with Crippen LogP contribution in [0.2, 0.25) is 0 Å². The summed E-state index contributed by atoms with van der Waals surface area (Å²) in [6, 6.07) is 7.76. The Morgan fingerprint density at radius 2 is 1.90 bits per heavy atom. The van der Waals surface area contributed by atoms with Gasteiger partial charge in [0, 0.05) is 18.7 Å². The quantitative estimate of drug-likeness (QED) is 0.787. The third-order valence-corrected chi connectivity index (χ3v) is 4.28. The highest BCUT2D eigenvalue weighted by molar-refractivity contribution is 5.85. The van der Waals surface area contributed by atoms with Gasteiger partial charge in [0.05, 0.1) is 0 Å². The number of anilines is 1. The Kier molecular flexibility index (Phi) is 8.21. The third-order valence-electron chi connectivity index (χ3n) is 4.28. The van der Waals surface area contributed by atoms with Gasteiger partial charge >= 0.3 is 0 Å². The number of benzene rings is 1. The first kappa shape index (κ1) is 17.8. The van der Waals surface area contributed by atoms with Gasteiger partial charge in [0.1, 0.15) is 0 Å². The molecule has 0 saturated heterocycles. The summed E-state index contributed by atoms with van der Waals surface area (Å²) in [5.41, 5.74) is 7.72. The average Bonchev–Trinajstić information content (AvgIpc) is 2.47. The van der Waals surface area contributed by atoms with E-state index in [0.717, 1.165) is 36.6 Å². The van der Waals surface area contributed by atoms with Crippen molar-refractivity contribution < 1.29 is 4.79 Å². The first-order chi connectivity index (χ1) is 9.75. The van der Waals surface area contributed by atoms with Crippen LogP contribution >= 0.6 is 12.4 Å². The first-order valence-electron chi connectivity index (χ1n) is 7.86. The molecule has 0 radical (unpaired) electrons. The second-order valence-corrected chi connectivity index (χ2v) is 5.84. The maximum absolute atomic E-state index is 11.8. The van der Waals surface area contributed by atoms with Gasteiger partial charge in [0.25, 0.3) is 0 Å². The number of para-hydroxylation sites is 1. The number of nitrogen functional groups attached to an aromatic ring is 1. The van der Waals surface area contributed by atoms with Crippen molar-refractivity contribution in [2.45, 2.75) is 51.4 Å². The maximum Gasteiger partial charge on any atom is 0.220 e. The molecule has 0 aromatic heterocycles. The van der Waals surface area contributed by atoms with E-state index in [4.69, 9.17) is 5.73 Å². The van der Waals surface area contributed by atoms with Gasteiger partial charge in [0.2, 0.25) is 5.91 Å². The number of carbonyl (C=O) groups excluding carboxylic acids is 1. The molecule has 1 aliphatic rings. The average molecular weight is 311 g/mol. The molecule has 3 nitrogen and oxygen atoms in total. The minimum atomic E-state index is 0. The number of hydrogen-bond acceptors (Lipinski definition) is 2. The molecular weight excluding hydrogens is 284 g/mol. The van der Waals surface area contributed by atoms with E-state index in [2.05, 4.69) is 5.32 Å². The van der Waals surface area contributed by atoms with E-state index in [-0.39, 0.29) is 18.3 Å². The zero-order chi connectivity index (χ0) is 14.2. The Labute approximate surface area is 134 Å². The molecule has 1 aromatic rings. The van der Waals surface area contributed by atoms with Gasteiger partial charge in [0.15, 0.2) is 0 Å². The standard InChI is InChI=1S/C17H26N2O.ClH/c18-16-9-5-4-8-15(16)10-11-17(20)19-13-12-14-6-2-1-3-7-14;/h4-5,8-9,14H,1-3,6-7,10-13,18H2,(H,19,20);1H. The molecule has 1 amide bonds. The van der Waals surface area contributed by atoms with Crippen molar-refractivity contribution in [2.24, 2.45) is 5.92 Å². The lowest BCUT2D eigenvalue weighted by atomic mass is 9.87. The van der Waals surface area contributed by atoms with Crippen LogP contribution in [0, 0.1) is 5.92 Å². The molecule has 3 N–H and O–H groups in total. The monoisotopic (exact) mass is 310 g/mol. The number of amides is 1. The fourth-order valence-electron chi connectivity index (χ4n) is 2.99. The van der Waals surface area contributed by atoms with Crippen LogP contribution < -0.4 is 11.1 Å². The van der Waals surface area contributed by atoms with Gasteiger partial charge in [-0.1, -0.05) is 50.3 Å². The minimum absolute atomic E-state index is 0. The van der Waals surface area contributed by atoms with Gasteiger partial charge in [-0.3, -0.25) is 4.79 Å². The number of nitrogens with two attached hydrogens (primary N) is 1. The highest BCUT2D eigenvalue weighted by atomic mass is 35.5. The number of rotatable bonds is 6. The van der Waals surface area contributed by atoms with E-state index in [0.29, 0.717) is 6.42 Å². The van der Waals surface area contributed by atoms with Crippen molar-refractivity contribution in [2.75, 3.05) is 12.3 Å². The Bertz CT molecular complexity index is 431. The van der Waals surface area contributed by atoms with Crippen LogP contribution in [-0.2, 0) is 11.2 Å². The lowest BCUT2D eigenvalue weighted by Crippen LogP contribution is -2.26. The van der Waals surface area contributed by atoms with E-state index < -0.39 is 0 Å². The van der Waals surface area contributed by atoms with E-state index in [9.17, 15) is 4.79 Å².